The third-order valence-corrected chi connectivity index (χ3v) is 4.73. The van der Waals surface area contributed by atoms with Crippen LogP contribution in [0.5, 0.6) is 0 Å². The molecule has 0 amide bonds. The van der Waals surface area contributed by atoms with E-state index in [9.17, 15) is 0 Å². The third-order valence-electron chi connectivity index (χ3n) is 4.73. The van der Waals surface area contributed by atoms with Crippen LogP contribution in [0.2, 0.25) is 0 Å². The van der Waals surface area contributed by atoms with Crippen LogP contribution in [0.4, 0.5) is 0 Å². The smallest absolute Gasteiger partial charge is 0.0308 e. The summed E-state index contributed by atoms with van der Waals surface area (Å²) in [5.41, 5.74) is 0.472. The van der Waals surface area contributed by atoms with Gasteiger partial charge in [-0.15, -0.1) is 0 Å². The fourth-order valence-electron chi connectivity index (χ4n) is 3.32. The highest BCUT2D eigenvalue weighted by Gasteiger charge is 2.37. The maximum absolute atomic E-state index is 3.84. The first-order valence-corrected chi connectivity index (χ1v) is 7.12. The van der Waals surface area contributed by atoms with Gasteiger partial charge in [-0.25, -0.2) is 0 Å². The summed E-state index contributed by atoms with van der Waals surface area (Å²) in [6, 6.07) is 0.734. The van der Waals surface area contributed by atoms with Gasteiger partial charge in [0.15, 0.2) is 0 Å². The Labute approximate surface area is 101 Å². The van der Waals surface area contributed by atoms with Crippen LogP contribution >= 0.6 is 0 Å². The molecule has 2 fully saturated rings. The lowest BCUT2D eigenvalue weighted by Gasteiger charge is -2.37. The number of hydrogen-bond donors (Lipinski definition) is 1. The molecule has 1 saturated carbocycles. The summed E-state index contributed by atoms with van der Waals surface area (Å²) in [6.45, 7) is 10.9. The number of nitrogens with one attached hydrogen (secondary N) is 1. The highest BCUT2D eigenvalue weighted by atomic mass is 15.2. The Hall–Kier alpha value is -0.0800. The van der Waals surface area contributed by atoms with E-state index in [0.717, 1.165) is 12.0 Å². The molecule has 2 aliphatic rings. The maximum atomic E-state index is 3.84. The summed E-state index contributed by atoms with van der Waals surface area (Å²) in [4.78, 5) is 2.73. The molecule has 1 aliphatic carbocycles. The molecule has 2 nitrogen and oxygen atoms in total. The van der Waals surface area contributed by atoms with Crippen molar-refractivity contribution in [1.82, 2.24) is 10.2 Å². The Kier molecular flexibility index (Phi) is 3.91. The zero-order chi connectivity index (χ0) is 11.6. The average Bonchev–Trinajstić information content (AvgIpc) is 2.59. The molecule has 2 heteroatoms. The van der Waals surface area contributed by atoms with Crippen LogP contribution in [0.25, 0.3) is 0 Å². The van der Waals surface area contributed by atoms with Gasteiger partial charge in [0.2, 0.25) is 0 Å². The second kappa shape index (κ2) is 5.05. The monoisotopic (exact) mass is 224 g/mol. The minimum atomic E-state index is 0.472. The SMILES string of the molecule is CC(C)C(C)N1CCCNC2(CCCC2)C1. The second-order valence-corrected chi connectivity index (χ2v) is 6.22. The molecule has 16 heavy (non-hydrogen) atoms. The van der Waals surface area contributed by atoms with Crippen LogP contribution in [0, 0.1) is 5.92 Å². The summed E-state index contributed by atoms with van der Waals surface area (Å²) in [5, 5.41) is 3.84. The number of hydrogen-bond acceptors (Lipinski definition) is 2. The van der Waals surface area contributed by atoms with Gasteiger partial charge >= 0.3 is 0 Å². The summed E-state index contributed by atoms with van der Waals surface area (Å²) in [5.74, 6) is 0.775. The zero-order valence-corrected chi connectivity index (χ0v) is 11.3. The van der Waals surface area contributed by atoms with Crippen molar-refractivity contribution < 1.29 is 0 Å². The molecule has 1 unspecified atom stereocenters. The summed E-state index contributed by atoms with van der Waals surface area (Å²) in [6.07, 6.45) is 6.97. The van der Waals surface area contributed by atoms with Crippen LogP contribution in [0.3, 0.4) is 0 Å². The van der Waals surface area contributed by atoms with Gasteiger partial charge in [-0.2, -0.15) is 0 Å². The molecule has 1 saturated heterocycles. The van der Waals surface area contributed by atoms with Crippen LogP contribution in [0.1, 0.15) is 52.9 Å². The Balaban J connectivity index is 2.03. The van der Waals surface area contributed by atoms with Crippen molar-refractivity contribution in [2.24, 2.45) is 5.92 Å². The van der Waals surface area contributed by atoms with E-state index in [4.69, 9.17) is 0 Å². The normalized spacial score (nSPS) is 28.5. The van der Waals surface area contributed by atoms with Gasteiger partial charge in [0.25, 0.3) is 0 Å². The van der Waals surface area contributed by atoms with Crippen molar-refractivity contribution in [3.63, 3.8) is 0 Å². The summed E-state index contributed by atoms with van der Waals surface area (Å²) < 4.78 is 0. The molecule has 0 bridgehead atoms. The number of rotatable bonds is 2. The molecule has 0 aromatic heterocycles. The lowest BCUT2D eigenvalue weighted by Crippen LogP contribution is -2.51. The van der Waals surface area contributed by atoms with E-state index >= 15 is 0 Å². The highest BCUT2D eigenvalue weighted by Crippen LogP contribution is 2.32. The van der Waals surface area contributed by atoms with E-state index in [2.05, 4.69) is 31.0 Å². The van der Waals surface area contributed by atoms with E-state index in [1.54, 1.807) is 0 Å². The first-order chi connectivity index (χ1) is 7.63. The van der Waals surface area contributed by atoms with Gasteiger partial charge in [0.1, 0.15) is 0 Å². The van der Waals surface area contributed by atoms with Crippen molar-refractivity contribution in [2.75, 3.05) is 19.6 Å². The van der Waals surface area contributed by atoms with Gasteiger partial charge in [-0.3, -0.25) is 4.90 Å². The van der Waals surface area contributed by atoms with Crippen molar-refractivity contribution in [3.8, 4) is 0 Å². The highest BCUT2D eigenvalue weighted by molar-refractivity contribution is 4.97. The van der Waals surface area contributed by atoms with Crippen molar-refractivity contribution >= 4 is 0 Å². The van der Waals surface area contributed by atoms with Crippen LogP contribution in [-0.4, -0.2) is 36.1 Å². The Morgan fingerprint density at radius 1 is 1.06 bits per heavy atom. The molecule has 94 valence electrons. The van der Waals surface area contributed by atoms with Crippen molar-refractivity contribution in [2.45, 2.75) is 64.5 Å². The summed E-state index contributed by atoms with van der Waals surface area (Å²) in [7, 11) is 0. The molecule has 2 rings (SSSR count). The standard InChI is InChI=1S/C14H28N2/c1-12(2)13(3)16-10-6-9-15-14(11-16)7-4-5-8-14/h12-13,15H,4-11H2,1-3H3. The van der Waals surface area contributed by atoms with Crippen molar-refractivity contribution in [1.29, 1.82) is 0 Å². The Bertz CT molecular complexity index is 219. The lowest BCUT2D eigenvalue weighted by atomic mass is 9.95. The van der Waals surface area contributed by atoms with Crippen molar-refractivity contribution in [3.05, 3.63) is 0 Å². The van der Waals surface area contributed by atoms with Gasteiger partial charge in [-0.05, 0) is 45.2 Å². The molecule has 1 atom stereocenters. The van der Waals surface area contributed by atoms with Crippen LogP contribution in [0.15, 0.2) is 0 Å². The van der Waals surface area contributed by atoms with Crippen LogP contribution in [-0.2, 0) is 0 Å². The second-order valence-electron chi connectivity index (χ2n) is 6.22. The van der Waals surface area contributed by atoms with E-state index < -0.39 is 0 Å². The minimum Gasteiger partial charge on any atom is -0.310 e. The van der Waals surface area contributed by atoms with E-state index in [1.165, 1.54) is 51.7 Å². The molecule has 1 N–H and O–H groups in total. The van der Waals surface area contributed by atoms with Crippen LogP contribution < -0.4 is 5.32 Å². The third kappa shape index (κ3) is 2.60. The molecular weight excluding hydrogens is 196 g/mol. The first-order valence-electron chi connectivity index (χ1n) is 7.12. The molecule has 0 radical (unpaired) electrons. The van der Waals surface area contributed by atoms with E-state index in [1.807, 2.05) is 0 Å². The molecule has 1 spiro atoms. The van der Waals surface area contributed by atoms with Gasteiger partial charge < -0.3 is 5.32 Å². The van der Waals surface area contributed by atoms with Gasteiger partial charge in [0.05, 0.1) is 0 Å². The quantitative estimate of drug-likeness (QED) is 0.776. The predicted molar refractivity (Wildman–Crippen MR) is 69.7 cm³/mol. The molecule has 0 aromatic rings. The molecule has 1 heterocycles. The van der Waals surface area contributed by atoms with Gasteiger partial charge in [0, 0.05) is 18.1 Å². The molecule has 1 aliphatic heterocycles. The molecule has 0 aromatic carbocycles. The first kappa shape index (κ1) is 12.4. The lowest BCUT2D eigenvalue weighted by molar-refractivity contribution is 0.136. The zero-order valence-electron chi connectivity index (χ0n) is 11.3. The predicted octanol–water partition coefficient (Wildman–Crippen LogP) is 2.64. The molecular formula is C14H28N2. The fourth-order valence-corrected chi connectivity index (χ4v) is 3.32. The van der Waals surface area contributed by atoms with E-state index in [-0.39, 0.29) is 0 Å². The largest absolute Gasteiger partial charge is 0.310 e. The van der Waals surface area contributed by atoms with Gasteiger partial charge in [-0.1, -0.05) is 26.7 Å². The summed E-state index contributed by atoms with van der Waals surface area (Å²) >= 11 is 0. The Morgan fingerprint density at radius 3 is 2.38 bits per heavy atom. The minimum absolute atomic E-state index is 0.472. The van der Waals surface area contributed by atoms with E-state index in [0.29, 0.717) is 5.54 Å². The Morgan fingerprint density at radius 2 is 1.75 bits per heavy atom. The average molecular weight is 224 g/mol. The number of nitrogens with zero attached hydrogens (tertiary/aromatic N) is 1. The maximum Gasteiger partial charge on any atom is 0.0308 e. The fraction of sp³-hybridized carbons (Fsp3) is 1.00. The topological polar surface area (TPSA) is 15.3 Å².